The first-order valence-corrected chi connectivity index (χ1v) is 20.7. The number of nitrogens with zero attached hydrogens (tertiary/aromatic N) is 2. The summed E-state index contributed by atoms with van der Waals surface area (Å²) in [5.74, 6) is -0.201. The first kappa shape index (κ1) is 38.7. The second-order valence-corrected chi connectivity index (χ2v) is 16.7. The number of rotatable bonds is 17. The molecule has 2 aliphatic rings. The van der Waals surface area contributed by atoms with Crippen molar-refractivity contribution in [3.05, 3.63) is 98.3 Å². The molecule has 0 spiro atoms. The van der Waals surface area contributed by atoms with E-state index >= 15 is 0 Å². The van der Waals surface area contributed by atoms with E-state index in [0.29, 0.717) is 31.6 Å². The van der Waals surface area contributed by atoms with E-state index in [1.807, 2.05) is 24.3 Å². The van der Waals surface area contributed by atoms with E-state index < -0.39 is 31.6 Å². The number of fused-ring (bicyclic) bond motifs is 3. The largest absolute Gasteiger partial charge is 0.449 e. The Morgan fingerprint density at radius 2 is 1.62 bits per heavy atom. The molecule has 3 aromatic rings. The number of aromatic nitrogens is 2. The summed E-state index contributed by atoms with van der Waals surface area (Å²) in [6, 6.07) is 17.3. The first-order chi connectivity index (χ1) is 26.0. The van der Waals surface area contributed by atoms with Gasteiger partial charge in [0.25, 0.3) is 5.56 Å². The smallest absolute Gasteiger partial charge is 0.407 e. The minimum atomic E-state index is -0.597. The number of amides is 2. The molecule has 1 aliphatic carbocycles. The van der Waals surface area contributed by atoms with Crippen LogP contribution in [0.5, 0.6) is 0 Å². The second kappa shape index (κ2) is 18.8. The summed E-state index contributed by atoms with van der Waals surface area (Å²) in [4.78, 5) is 52.7. The summed E-state index contributed by atoms with van der Waals surface area (Å²) in [5, 5.41) is 5.68. The average Bonchev–Trinajstić information content (AvgIpc) is 3.69. The molecule has 0 radical (unpaired) electrons. The van der Waals surface area contributed by atoms with Gasteiger partial charge in [0, 0.05) is 44.7 Å². The maximum atomic E-state index is 12.8. The van der Waals surface area contributed by atoms with Gasteiger partial charge in [-0.2, -0.15) is 0 Å². The normalized spacial score (nSPS) is 19.1. The lowest BCUT2D eigenvalue weighted by Gasteiger charge is -2.37. The topological polar surface area (TPSA) is 135 Å². The molecule has 53 heavy (non-hydrogen) atoms. The molecule has 11 nitrogen and oxygen atoms in total. The number of carbonyl (C=O) groups excluding carboxylic acids is 2. The van der Waals surface area contributed by atoms with E-state index in [1.54, 1.807) is 0 Å². The van der Waals surface area contributed by atoms with Gasteiger partial charge in [0.2, 0.25) is 5.91 Å². The second-order valence-electron chi connectivity index (χ2n) is 14.6. The van der Waals surface area contributed by atoms with Gasteiger partial charge in [0.05, 0.1) is 11.7 Å². The molecule has 0 saturated carbocycles. The van der Waals surface area contributed by atoms with Crippen LogP contribution in [0.2, 0.25) is 0 Å². The number of ether oxygens (including phenoxy) is 2. The van der Waals surface area contributed by atoms with Crippen molar-refractivity contribution >= 4 is 26.1 Å². The third kappa shape index (κ3) is 10.3. The summed E-state index contributed by atoms with van der Waals surface area (Å²) in [7, 11) is -0.465. The average molecular weight is 747 g/mol. The van der Waals surface area contributed by atoms with Crippen LogP contribution in [0.1, 0.15) is 96.9 Å². The van der Waals surface area contributed by atoms with Crippen LogP contribution in [0.25, 0.3) is 17.2 Å². The van der Waals surface area contributed by atoms with Crippen LogP contribution in [-0.2, 0) is 14.3 Å². The summed E-state index contributed by atoms with van der Waals surface area (Å²) < 4.78 is 23.8. The summed E-state index contributed by atoms with van der Waals surface area (Å²) in [6.07, 6.45) is 7.59. The fraction of sp³-hybridized carbons (Fsp3) is 0.512. The highest BCUT2D eigenvalue weighted by molar-refractivity contribution is 7.54. The van der Waals surface area contributed by atoms with Gasteiger partial charge in [-0.1, -0.05) is 61.4 Å². The molecule has 1 unspecified atom stereocenters. The maximum Gasteiger partial charge on any atom is 0.407 e. The zero-order valence-corrected chi connectivity index (χ0v) is 32.6. The fourth-order valence-corrected chi connectivity index (χ4v) is 10.5. The van der Waals surface area contributed by atoms with Gasteiger partial charge >= 0.3 is 11.8 Å². The minimum Gasteiger partial charge on any atom is -0.449 e. The van der Waals surface area contributed by atoms with E-state index in [2.05, 4.69) is 78.9 Å². The van der Waals surface area contributed by atoms with Crippen LogP contribution in [-0.4, -0.2) is 76.9 Å². The molecule has 3 N–H and O–H groups in total. The summed E-state index contributed by atoms with van der Waals surface area (Å²) >= 11 is 0. The zero-order valence-electron chi connectivity index (χ0n) is 32.7. The predicted octanol–water partition coefficient (Wildman–Crippen LogP) is 6.83. The fourth-order valence-electron chi connectivity index (χ4n) is 7.68. The van der Waals surface area contributed by atoms with Gasteiger partial charge in [-0.3, -0.25) is 23.8 Å². The molecule has 286 valence electrons. The number of nitrogens with one attached hydrogen (secondary N) is 3. The van der Waals surface area contributed by atoms with Gasteiger partial charge in [0.15, 0.2) is 0 Å². The van der Waals surface area contributed by atoms with Crippen LogP contribution in [0.4, 0.5) is 4.79 Å². The lowest BCUT2D eigenvalue weighted by atomic mass is 9.98. The van der Waals surface area contributed by atoms with Crippen LogP contribution < -0.4 is 21.9 Å². The van der Waals surface area contributed by atoms with Gasteiger partial charge in [0.1, 0.15) is 12.8 Å². The molecule has 5 rings (SSSR count). The molecule has 2 heterocycles. The molecule has 1 aliphatic heterocycles. The lowest BCUT2D eigenvalue weighted by molar-refractivity contribution is -0.116. The van der Waals surface area contributed by atoms with Gasteiger partial charge in [-0.15, -0.1) is 0 Å². The van der Waals surface area contributed by atoms with Gasteiger partial charge in [-0.25, -0.2) is 9.59 Å². The van der Waals surface area contributed by atoms with Crippen LogP contribution in [0.15, 0.2) is 70.4 Å². The molecule has 2 aromatic carbocycles. The van der Waals surface area contributed by atoms with Crippen molar-refractivity contribution in [1.29, 1.82) is 0 Å². The molecule has 1 saturated heterocycles. The predicted molar refractivity (Wildman–Crippen MR) is 212 cm³/mol. The van der Waals surface area contributed by atoms with Crippen molar-refractivity contribution in [3.8, 4) is 11.1 Å². The molecule has 2 amide bonds. The van der Waals surface area contributed by atoms with E-state index in [4.69, 9.17) is 10.8 Å². The molecular formula is C41H56N5O6P. The van der Waals surface area contributed by atoms with Crippen molar-refractivity contribution in [2.75, 3.05) is 32.5 Å². The minimum absolute atomic E-state index is 0.0246. The van der Waals surface area contributed by atoms with Crippen molar-refractivity contribution in [3.63, 3.8) is 0 Å². The molecule has 4 atom stereocenters. The highest BCUT2D eigenvalue weighted by atomic mass is 31.1. The zero-order chi connectivity index (χ0) is 38.8. The number of hydrogen-bond donors (Lipinski definition) is 3. The van der Waals surface area contributed by atoms with E-state index in [-0.39, 0.29) is 42.9 Å². The Hall–Kier alpha value is -4.05. The van der Waals surface area contributed by atoms with E-state index in [9.17, 15) is 19.2 Å². The van der Waals surface area contributed by atoms with E-state index in [0.717, 1.165) is 31.8 Å². The maximum absolute atomic E-state index is 12.8. The highest BCUT2D eigenvalue weighted by Crippen LogP contribution is 2.47. The standard InChI is InChI=1S/C41H56N5O6P/c1-27(2)46(28(3)4)53(6)26-31-23-38(52-29(31)5)45-24-30(39(48)44-40(45)49)19-20-37(47)42-21-13-7-8-14-22-43-41(50)51-25-36-34-17-11-9-15-32(34)33-16-10-12-18-35(33)36/h9-12,15-20,24,27-29,31,36,38H,7-8,13-14,21-23,25-26H2,1-6H3,(H,42,47)(H,43,50)(H,44,48,49)/b20-19+/t29-,31+,38-,53?/m1/s1/i5D. The molecule has 1 aromatic heterocycles. The Morgan fingerprint density at radius 3 is 2.25 bits per heavy atom. The number of unbranched alkanes of at least 4 members (excludes halogenated alkanes) is 3. The van der Waals surface area contributed by atoms with Crippen molar-refractivity contribution in [2.24, 2.45) is 5.92 Å². The quantitative estimate of drug-likeness (QED) is 0.0783. The number of aromatic amines is 1. The van der Waals surface area contributed by atoms with Gasteiger partial charge < -0.3 is 20.1 Å². The number of alkyl carbamates (subject to hydrolysis) is 1. The Bertz CT molecular complexity index is 1830. The number of H-pyrrole nitrogens is 1. The highest BCUT2D eigenvalue weighted by Gasteiger charge is 2.36. The SMILES string of the molecule is [2H]C[C@H]1O[C@@H](n2cc(/C=C/C(=O)NCCCCCCNC(=O)OCC3c4ccccc4-c4ccccc43)c(=O)[nH]c2=O)C[C@H]1CP(C)N(C(C)C)C(C)C. The first-order valence-electron chi connectivity index (χ1n) is 19.5. The third-order valence-electron chi connectivity index (χ3n) is 10.0. The molecular weight excluding hydrogens is 689 g/mol. The number of benzene rings is 2. The monoisotopic (exact) mass is 746 g/mol. The van der Waals surface area contributed by atoms with Crippen molar-refractivity contribution in [2.45, 2.75) is 97.0 Å². The van der Waals surface area contributed by atoms with Gasteiger partial charge in [-0.05, 0) is 109 Å². The Morgan fingerprint density at radius 1 is 1.00 bits per heavy atom. The third-order valence-corrected chi connectivity index (χ3v) is 12.8. The molecule has 0 bridgehead atoms. The lowest BCUT2D eigenvalue weighted by Crippen LogP contribution is -2.34. The summed E-state index contributed by atoms with van der Waals surface area (Å²) in [5.41, 5.74) is 3.75. The van der Waals surface area contributed by atoms with Crippen molar-refractivity contribution < 1.29 is 20.4 Å². The van der Waals surface area contributed by atoms with Crippen LogP contribution in [0, 0.1) is 5.92 Å². The molecule has 1 fully saturated rings. The number of carbonyl (C=O) groups is 2. The van der Waals surface area contributed by atoms with E-state index in [1.165, 1.54) is 45.2 Å². The Balaban J connectivity index is 1.00. The van der Waals surface area contributed by atoms with Crippen LogP contribution >= 0.6 is 8.07 Å². The molecule has 12 heteroatoms. The van der Waals surface area contributed by atoms with Crippen molar-refractivity contribution in [1.82, 2.24) is 24.9 Å². The number of hydrogen-bond acceptors (Lipinski definition) is 7. The Kier molecular flexibility index (Phi) is 13.7. The van der Waals surface area contributed by atoms with Crippen LogP contribution in [0.3, 0.4) is 0 Å². The Labute approximate surface area is 315 Å². The summed E-state index contributed by atoms with van der Waals surface area (Å²) in [6.45, 7) is 12.4.